The Morgan fingerprint density at radius 2 is 1.43 bits per heavy atom. The van der Waals surface area contributed by atoms with Gasteiger partial charge in [-0.25, -0.2) is 0 Å². The van der Waals surface area contributed by atoms with Crippen LogP contribution in [0.5, 0.6) is 0 Å². The van der Waals surface area contributed by atoms with E-state index in [0.717, 1.165) is 25.7 Å². The van der Waals surface area contributed by atoms with Gasteiger partial charge >= 0.3 is 5.97 Å². The van der Waals surface area contributed by atoms with Crippen molar-refractivity contribution >= 4 is 17.8 Å². The van der Waals surface area contributed by atoms with E-state index in [9.17, 15) is 14.4 Å². The lowest BCUT2D eigenvalue weighted by molar-refractivity contribution is -0.139. The summed E-state index contributed by atoms with van der Waals surface area (Å²) in [7, 11) is 0. The molecule has 2 saturated carbocycles. The lowest BCUT2D eigenvalue weighted by atomic mass is 9.65. The zero-order chi connectivity index (χ0) is 20.7. The van der Waals surface area contributed by atoms with Gasteiger partial charge in [0.05, 0.1) is 12.5 Å². The average Bonchev–Trinajstić information content (AvgIpc) is 2.68. The van der Waals surface area contributed by atoms with Crippen LogP contribution in [-0.2, 0) is 14.4 Å². The van der Waals surface area contributed by atoms with Crippen LogP contribution in [-0.4, -0.2) is 40.5 Å². The first-order chi connectivity index (χ1) is 13.2. The van der Waals surface area contributed by atoms with Crippen LogP contribution in [0.2, 0.25) is 0 Å². The Kier molecular flexibility index (Phi) is 8.28. The van der Waals surface area contributed by atoms with Crippen molar-refractivity contribution in [1.82, 2.24) is 10.6 Å². The number of hydrogen-bond donors (Lipinski definition) is 4. The van der Waals surface area contributed by atoms with Gasteiger partial charge in [0.15, 0.2) is 0 Å². The van der Waals surface area contributed by atoms with Crippen molar-refractivity contribution in [3.63, 3.8) is 0 Å². The lowest BCUT2D eigenvalue weighted by Gasteiger charge is -2.48. The first kappa shape index (κ1) is 22.7. The van der Waals surface area contributed by atoms with Crippen molar-refractivity contribution in [3.8, 4) is 0 Å². The minimum absolute atomic E-state index is 0.213. The second-order valence-corrected chi connectivity index (χ2v) is 8.88. The molecule has 2 aliphatic rings. The van der Waals surface area contributed by atoms with E-state index in [0.29, 0.717) is 11.8 Å². The molecule has 0 aliphatic heterocycles. The zero-order valence-electron chi connectivity index (χ0n) is 17.3. The van der Waals surface area contributed by atoms with Crippen molar-refractivity contribution in [2.45, 2.75) is 102 Å². The van der Waals surface area contributed by atoms with Crippen LogP contribution in [0, 0.1) is 11.8 Å². The maximum atomic E-state index is 12.9. The van der Waals surface area contributed by atoms with Crippen molar-refractivity contribution in [2.24, 2.45) is 17.6 Å². The van der Waals surface area contributed by atoms with Gasteiger partial charge in [-0.2, -0.15) is 0 Å². The number of rotatable bonds is 8. The van der Waals surface area contributed by atoms with Gasteiger partial charge in [-0.1, -0.05) is 38.5 Å². The monoisotopic (exact) mass is 395 g/mol. The number of hydrogen-bond acceptors (Lipinski definition) is 4. The molecule has 0 saturated heterocycles. The SMILES string of the molecule is CC(NC(=O)C(N)CC(=O)O)C(=O)NC(C)(C1CCCCC1)C1CCCCC1. The number of amides is 2. The molecule has 0 spiro atoms. The molecule has 2 amide bonds. The van der Waals surface area contributed by atoms with Crippen molar-refractivity contribution < 1.29 is 19.5 Å². The summed E-state index contributed by atoms with van der Waals surface area (Å²) in [6.07, 6.45) is 11.4. The molecular weight excluding hydrogens is 358 g/mol. The van der Waals surface area contributed by atoms with Gasteiger partial charge in [-0.3, -0.25) is 14.4 Å². The van der Waals surface area contributed by atoms with E-state index in [4.69, 9.17) is 10.8 Å². The molecule has 0 aromatic carbocycles. The number of nitrogens with one attached hydrogen (secondary N) is 2. The largest absolute Gasteiger partial charge is 0.481 e. The summed E-state index contributed by atoms with van der Waals surface area (Å²) in [6.45, 7) is 3.82. The van der Waals surface area contributed by atoms with Gasteiger partial charge in [0.1, 0.15) is 6.04 Å². The fourth-order valence-corrected chi connectivity index (χ4v) is 4.98. The summed E-state index contributed by atoms with van der Waals surface area (Å²) in [5.41, 5.74) is 5.34. The lowest BCUT2D eigenvalue weighted by Crippen LogP contribution is -2.61. The minimum atomic E-state index is -1.16. The topological polar surface area (TPSA) is 122 Å². The second-order valence-electron chi connectivity index (χ2n) is 8.88. The van der Waals surface area contributed by atoms with E-state index in [-0.39, 0.29) is 11.4 Å². The number of carboxylic acid groups (broad SMARTS) is 1. The number of carboxylic acids is 1. The fourth-order valence-electron chi connectivity index (χ4n) is 4.98. The van der Waals surface area contributed by atoms with E-state index in [2.05, 4.69) is 17.6 Å². The third-order valence-corrected chi connectivity index (χ3v) is 6.78. The maximum absolute atomic E-state index is 12.9. The molecule has 2 aliphatic carbocycles. The molecule has 2 unspecified atom stereocenters. The quantitative estimate of drug-likeness (QED) is 0.502. The van der Waals surface area contributed by atoms with Gasteiger partial charge in [-0.15, -0.1) is 0 Å². The van der Waals surface area contributed by atoms with Gasteiger partial charge < -0.3 is 21.5 Å². The highest BCUT2D eigenvalue weighted by Crippen LogP contribution is 2.42. The average molecular weight is 396 g/mol. The minimum Gasteiger partial charge on any atom is -0.481 e. The Morgan fingerprint density at radius 3 is 1.86 bits per heavy atom. The first-order valence-electron chi connectivity index (χ1n) is 10.8. The van der Waals surface area contributed by atoms with Gasteiger partial charge in [0, 0.05) is 5.54 Å². The highest BCUT2D eigenvalue weighted by molar-refractivity contribution is 5.91. The molecule has 0 aromatic heterocycles. The normalized spacial score (nSPS) is 21.5. The van der Waals surface area contributed by atoms with Crippen LogP contribution in [0.3, 0.4) is 0 Å². The molecule has 7 heteroatoms. The Hall–Kier alpha value is -1.63. The van der Waals surface area contributed by atoms with Gasteiger partial charge in [0.25, 0.3) is 0 Å². The van der Waals surface area contributed by atoms with E-state index in [1.807, 2.05) is 0 Å². The van der Waals surface area contributed by atoms with Crippen LogP contribution in [0.1, 0.15) is 84.5 Å². The van der Waals surface area contributed by atoms with Gasteiger partial charge in [0.2, 0.25) is 11.8 Å². The highest BCUT2D eigenvalue weighted by Gasteiger charge is 2.43. The third-order valence-electron chi connectivity index (χ3n) is 6.78. The van der Waals surface area contributed by atoms with E-state index in [1.54, 1.807) is 6.92 Å². The smallest absolute Gasteiger partial charge is 0.305 e. The van der Waals surface area contributed by atoms with Crippen LogP contribution in [0.4, 0.5) is 0 Å². The molecule has 7 nitrogen and oxygen atoms in total. The molecular formula is C21H37N3O4. The Labute approximate surface area is 168 Å². The zero-order valence-corrected chi connectivity index (χ0v) is 17.3. The standard InChI is InChI=1S/C21H37N3O4/c1-14(23-20(28)17(22)13-18(25)26)19(27)24-21(2,15-9-5-3-6-10-15)16-11-7-4-8-12-16/h14-17H,3-13,22H2,1-2H3,(H,23,28)(H,24,27)(H,25,26). The predicted molar refractivity (Wildman–Crippen MR) is 108 cm³/mol. The number of carbonyl (C=O) groups is 3. The van der Waals surface area contributed by atoms with Gasteiger partial charge in [-0.05, 0) is 51.4 Å². The molecule has 2 fully saturated rings. The summed E-state index contributed by atoms with van der Waals surface area (Å²) in [6, 6.07) is -1.91. The van der Waals surface area contributed by atoms with Crippen LogP contribution in [0.15, 0.2) is 0 Å². The predicted octanol–water partition coefficient (Wildman–Crippen LogP) is 2.33. The molecule has 0 bridgehead atoms. The summed E-state index contributed by atoms with van der Waals surface area (Å²) in [4.78, 5) is 35.8. The molecule has 160 valence electrons. The highest BCUT2D eigenvalue weighted by atomic mass is 16.4. The molecule has 2 atom stereocenters. The summed E-state index contributed by atoms with van der Waals surface area (Å²) in [5.74, 6) is -1.03. The van der Waals surface area contributed by atoms with Crippen molar-refractivity contribution in [1.29, 1.82) is 0 Å². The number of aliphatic carboxylic acids is 1. The summed E-state index contributed by atoms with van der Waals surface area (Å²) >= 11 is 0. The first-order valence-corrected chi connectivity index (χ1v) is 10.8. The maximum Gasteiger partial charge on any atom is 0.305 e. The second kappa shape index (κ2) is 10.2. The molecule has 5 N–H and O–H groups in total. The Bertz CT molecular complexity index is 536. The third kappa shape index (κ3) is 5.93. The number of nitrogens with two attached hydrogens (primary N) is 1. The van der Waals surface area contributed by atoms with Crippen molar-refractivity contribution in [3.05, 3.63) is 0 Å². The van der Waals surface area contributed by atoms with E-state index < -0.39 is 30.4 Å². The van der Waals surface area contributed by atoms with Crippen LogP contribution in [0.25, 0.3) is 0 Å². The molecule has 0 aromatic rings. The van der Waals surface area contributed by atoms with E-state index >= 15 is 0 Å². The Morgan fingerprint density at radius 1 is 0.964 bits per heavy atom. The Balaban J connectivity index is 2.04. The number of carbonyl (C=O) groups excluding carboxylic acids is 2. The molecule has 0 radical (unpaired) electrons. The van der Waals surface area contributed by atoms with Crippen LogP contribution >= 0.6 is 0 Å². The van der Waals surface area contributed by atoms with Crippen LogP contribution < -0.4 is 16.4 Å². The summed E-state index contributed by atoms with van der Waals surface area (Å²) < 4.78 is 0. The molecule has 28 heavy (non-hydrogen) atoms. The van der Waals surface area contributed by atoms with E-state index in [1.165, 1.54) is 38.5 Å². The fraction of sp³-hybridized carbons (Fsp3) is 0.857. The summed E-state index contributed by atoms with van der Waals surface area (Å²) in [5, 5.41) is 14.7. The molecule has 2 rings (SSSR count). The van der Waals surface area contributed by atoms with Crippen molar-refractivity contribution in [2.75, 3.05) is 0 Å². The molecule has 0 heterocycles.